The van der Waals surface area contributed by atoms with Crippen LogP contribution in [-0.2, 0) is 4.79 Å². The SMILES string of the molecule is Cc1cc(-c2ccc(F)cc2F)cc(C(N)=O)c1OCC(=O)O. The molecule has 2 aromatic carbocycles. The van der Waals surface area contributed by atoms with E-state index in [-0.39, 0.29) is 16.9 Å². The number of carboxylic acid groups (broad SMARTS) is 1. The number of ether oxygens (including phenoxy) is 1. The minimum atomic E-state index is -1.21. The molecule has 0 radical (unpaired) electrons. The molecule has 2 rings (SSSR count). The molecule has 0 bridgehead atoms. The molecule has 0 saturated carbocycles. The third-order valence-corrected chi connectivity index (χ3v) is 3.12. The molecule has 3 N–H and O–H groups in total. The molecule has 0 saturated heterocycles. The molecule has 5 nitrogen and oxygen atoms in total. The summed E-state index contributed by atoms with van der Waals surface area (Å²) >= 11 is 0. The van der Waals surface area contributed by atoms with Crippen molar-refractivity contribution >= 4 is 11.9 Å². The Bertz CT molecular complexity index is 790. The number of primary amides is 1. The maximum Gasteiger partial charge on any atom is 0.341 e. The van der Waals surface area contributed by atoms with Crippen LogP contribution in [0.3, 0.4) is 0 Å². The number of hydrogen-bond donors (Lipinski definition) is 2. The summed E-state index contributed by atoms with van der Waals surface area (Å²) in [5, 5.41) is 8.66. The molecule has 0 spiro atoms. The molecule has 1 amide bonds. The largest absolute Gasteiger partial charge is 0.481 e. The molecule has 0 unspecified atom stereocenters. The van der Waals surface area contributed by atoms with E-state index in [1.54, 1.807) is 6.92 Å². The number of amides is 1. The lowest BCUT2D eigenvalue weighted by atomic mass is 9.98. The monoisotopic (exact) mass is 321 g/mol. The minimum Gasteiger partial charge on any atom is -0.481 e. The molecule has 0 fully saturated rings. The summed E-state index contributed by atoms with van der Waals surface area (Å²) in [5.41, 5.74) is 5.99. The fraction of sp³-hybridized carbons (Fsp3) is 0.125. The summed E-state index contributed by atoms with van der Waals surface area (Å²) in [5.74, 6) is -3.56. The Morgan fingerprint density at radius 1 is 1.22 bits per heavy atom. The normalized spacial score (nSPS) is 10.4. The Kier molecular flexibility index (Phi) is 4.59. The third-order valence-electron chi connectivity index (χ3n) is 3.12. The molecule has 0 aliphatic heterocycles. The first kappa shape index (κ1) is 16.4. The highest BCUT2D eigenvalue weighted by Crippen LogP contribution is 2.32. The predicted octanol–water partition coefficient (Wildman–Crippen LogP) is 2.50. The first-order chi connectivity index (χ1) is 10.8. The standard InChI is InChI=1S/C16H13F2NO4/c1-8-4-9(11-3-2-10(17)6-13(11)18)5-12(16(19)22)15(8)23-7-14(20)21/h2-6H,7H2,1H3,(H2,19,22)(H,20,21). The van der Waals surface area contributed by atoms with Crippen LogP contribution in [0.2, 0.25) is 0 Å². The second kappa shape index (κ2) is 6.43. The van der Waals surface area contributed by atoms with E-state index >= 15 is 0 Å². The molecule has 0 aromatic heterocycles. The number of halogens is 2. The minimum absolute atomic E-state index is 0.0196. The molecule has 0 atom stereocenters. The Balaban J connectivity index is 2.55. The van der Waals surface area contributed by atoms with Gasteiger partial charge in [0.05, 0.1) is 5.56 Å². The Morgan fingerprint density at radius 2 is 1.91 bits per heavy atom. The molecular formula is C16H13F2NO4. The van der Waals surface area contributed by atoms with E-state index in [1.807, 2.05) is 0 Å². The zero-order valence-electron chi connectivity index (χ0n) is 12.1. The zero-order valence-corrected chi connectivity index (χ0v) is 12.1. The molecule has 2 aromatic rings. The predicted molar refractivity (Wildman–Crippen MR) is 78.2 cm³/mol. The van der Waals surface area contributed by atoms with Gasteiger partial charge in [-0.2, -0.15) is 0 Å². The van der Waals surface area contributed by atoms with Gasteiger partial charge in [0.1, 0.15) is 17.4 Å². The third kappa shape index (κ3) is 3.63. The van der Waals surface area contributed by atoms with Crippen molar-refractivity contribution < 1.29 is 28.2 Å². The molecule has 120 valence electrons. The molecule has 7 heteroatoms. The quantitative estimate of drug-likeness (QED) is 0.885. The van der Waals surface area contributed by atoms with Crippen molar-refractivity contribution in [1.29, 1.82) is 0 Å². The van der Waals surface area contributed by atoms with Crippen molar-refractivity contribution in [3.63, 3.8) is 0 Å². The van der Waals surface area contributed by atoms with Crippen LogP contribution in [0, 0.1) is 18.6 Å². The van der Waals surface area contributed by atoms with Crippen molar-refractivity contribution in [3.05, 3.63) is 53.1 Å². The highest BCUT2D eigenvalue weighted by molar-refractivity contribution is 5.97. The zero-order chi connectivity index (χ0) is 17.1. The maximum atomic E-state index is 13.9. The van der Waals surface area contributed by atoms with Gasteiger partial charge < -0.3 is 15.6 Å². The lowest BCUT2D eigenvalue weighted by Gasteiger charge is -2.14. The fourth-order valence-electron chi connectivity index (χ4n) is 2.16. The second-order valence-corrected chi connectivity index (χ2v) is 4.84. The highest BCUT2D eigenvalue weighted by Gasteiger charge is 2.17. The van der Waals surface area contributed by atoms with Crippen molar-refractivity contribution in [1.82, 2.24) is 0 Å². The Morgan fingerprint density at radius 3 is 2.48 bits per heavy atom. The van der Waals surface area contributed by atoms with Gasteiger partial charge in [-0.15, -0.1) is 0 Å². The summed E-state index contributed by atoms with van der Waals surface area (Å²) in [7, 11) is 0. The van der Waals surface area contributed by atoms with Crippen LogP contribution < -0.4 is 10.5 Å². The number of carbonyl (C=O) groups excluding carboxylic acids is 1. The average Bonchev–Trinajstić information content (AvgIpc) is 2.44. The number of carbonyl (C=O) groups is 2. The lowest BCUT2D eigenvalue weighted by molar-refractivity contribution is -0.139. The van der Waals surface area contributed by atoms with Gasteiger partial charge in [0.15, 0.2) is 6.61 Å². The van der Waals surface area contributed by atoms with Crippen LogP contribution in [0.4, 0.5) is 8.78 Å². The molecular weight excluding hydrogens is 308 g/mol. The number of rotatable bonds is 5. The van der Waals surface area contributed by atoms with E-state index in [4.69, 9.17) is 15.6 Å². The second-order valence-electron chi connectivity index (χ2n) is 4.84. The summed E-state index contributed by atoms with van der Waals surface area (Å²) < 4.78 is 32.0. The van der Waals surface area contributed by atoms with Gasteiger partial charge in [-0.25, -0.2) is 13.6 Å². The van der Waals surface area contributed by atoms with Crippen molar-refractivity contribution in [2.75, 3.05) is 6.61 Å². The number of aryl methyl sites for hydroxylation is 1. The van der Waals surface area contributed by atoms with Gasteiger partial charge in [-0.05, 0) is 42.3 Å². The van der Waals surface area contributed by atoms with Crippen LogP contribution in [0.1, 0.15) is 15.9 Å². The average molecular weight is 321 g/mol. The van der Waals surface area contributed by atoms with Crippen molar-refractivity contribution in [2.24, 2.45) is 5.73 Å². The number of aliphatic carboxylic acids is 1. The molecule has 23 heavy (non-hydrogen) atoms. The molecule has 0 aliphatic rings. The topological polar surface area (TPSA) is 89.6 Å². The van der Waals surface area contributed by atoms with Crippen LogP contribution >= 0.6 is 0 Å². The van der Waals surface area contributed by atoms with Gasteiger partial charge in [0.2, 0.25) is 0 Å². The maximum absolute atomic E-state index is 13.9. The van der Waals surface area contributed by atoms with E-state index in [0.717, 1.165) is 12.1 Å². The van der Waals surface area contributed by atoms with Crippen molar-refractivity contribution in [3.8, 4) is 16.9 Å². The highest BCUT2D eigenvalue weighted by atomic mass is 19.1. The Hall–Kier alpha value is -2.96. The number of benzene rings is 2. The van der Waals surface area contributed by atoms with Crippen LogP contribution in [0.15, 0.2) is 30.3 Å². The smallest absolute Gasteiger partial charge is 0.341 e. The van der Waals surface area contributed by atoms with Gasteiger partial charge >= 0.3 is 5.97 Å². The van der Waals surface area contributed by atoms with Gasteiger partial charge in [0.25, 0.3) is 5.91 Å². The van der Waals surface area contributed by atoms with E-state index in [1.165, 1.54) is 18.2 Å². The van der Waals surface area contributed by atoms with E-state index < -0.39 is 30.1 Å². The van der Waals surface area contributed by atoms with Crippen LogP contribution in [0.5, 0.6) is 5.75 Å². The van der Waals surface area contributed by atoms with E-state index in [0.29, 0.717) is 11.1 Å². The van der Waals surface area contributed by atoms with Crippen LogP contribution in [-0.4, -0.2) is 23.6 Å². The van der Waals surface area contributed by atoms with Crippen molar-refractivity contribution in [2.45, 2.75) is 6.92 Å². The summed E-state index contributed by atoms with van der Waals surface area (Å²) in [6.07, 6.45) is 0. The fourth-order valence-corrected chi connectivity index (χ4v) is 2.16. The number of nitrogens with two attached hydrogens (primary N) is 1. The summed E-state index contributed by atoms with van der Waals surface area (Å²) in [6, 6.07) is 5.83. The number of hydrogen-bond acceptors (Lipinski definition) is 3. The first-order valence-corrected chi connectivity index (χ1v) is 6.54. The summed E-state index contributed by atoms with van der Waals surface area (Å²) in [6.45, 7) is 0.917. The van der Waals surface area contributed by atoms with Gasteiger partial charge in [0, 0.05) is 11.6 Å². The molecule has 0 aliphatic carbocycles. The van der Waals surface area contributed by atoms with Crippen LogP contribution in [0.25, 0.3) is 11.1 Å². The number of carboxylic acids is 1. The van der Waals surface area contributed by atoms with Gasteiger partial charge in [-0.1, -0.05) is 0 Å². The van der Waals surface area contributed by atoms with E-state index in [2.05, 4.69) is 0 Å². The molecule has 0 heterocycles. The summed E-state index contributed by atoms with van der Waals surface area (Å²) in [4.78, 5) is 22.2. The Labute approximate surface area is 130 Å². The van der Waals surface area contributed by atoms with E-state index in [9.17, 15) is 18.4 Å². The first-order valence-electron chi connectivity index (χ1n) is 6.54. The lowest BCUT2D eigenvalue weighted by Crippen LogP contribution is -2.17. The van der Waals surface area contributed by atoms with Gasteiger partial charge in [-0.3, -0.25) is 4.79 Å².